The number of aromatic nitrogens is 1. The lowest BCUT2D eigenvalue weighted by Crippen LogP contribution is -1.85. The lowest BCUT2D eigenvalue weighted by molar-refractivity contribution is 0.673. The summed E-state index contributed by atoms with van der Waals surface area (Å²) < 4.78 is 6.29. The number of rotatable bonds is 0. The molecule has 0 fully saturated rings. The molecule has 0 amide bonds. The van der Waals surface area contributed by atoms with E-state index in [-0.39, 0.29) is 0 Å². The summed E-state index contributed by atoms with van der Waals surface area (Å²) >= 11 is 0. The monoisotopic (exact) mass is 344 g/mol. The summed E-state index contributed by atoms with van der Waals surface area (Å²) in [5, 5.41) is 16.9. The van der Waals surface area contributed by atoms with E-state index in [1.807, 2.05) is 36.5 Å². The van der Waals surface area contributed by atoms with Gasteiger partial charge in [0.2, 0.25) is 0 Å². The van der Waals surface area contributed by atoms with Crippen LogP contribution in [-0.2, 0) is 0 Å². The highest BCUT2D eigenvalue weighted by Crippen LogP contribution is 2.41. The van der Waals surface area contributed by atoms with Crippen molar-refractivity contribution in [3.8, 4) is 6.07 Å². The van der Waals surface area contributed by atoms with Crippen LogP contribution >= 0.6 is 0 Å². The summed E-state index contributed by atoms with van der Waals surface area (Å²) in [7, 11) is 0. The van der Waals surface area contributed by atoms with E-state index >= 15 is 0 Å². The second-order valence-corrected chi connectivity index (χ2v) is 6.73. The van der Waals surface area contributed by atoms with Gasteiger partial charge in [-0.2, -0.15) is 5.26 Å². The van der Waals surface area contributed by atoms with Crippen molar-refractivity contribution in [1.82, 2.24) is 4.98 Å². The van der Waals surface area contributed by atoms with E-state index in [9.17, 15) is 5.26 Å². The molecule has 0 unspecified atom stereocenters. The van der Waals surface area contributed by atoms with Gasteiger partial charge >= 0.3 is 0 Å². The summed E-state index contributed by atoms with van der Waals surface area (Å²) in [6.07, 6.45) is 1.83. The van der Waals surface area contributed by atoms with Gasteiger partial charge in [0, 0.05) is 33.1 Å². The molecular formula is C24H12N2O. The van der Waals surface area contributed by atoms with E-state index in [1.165, 1.54) is 5.39 Å². The summed E-state index contributed by atoms with van der Waals surface area (Å²) in [4.78, 5) is 4.66. The Hall–Kier alpha value is -3.90. The highest BCUT2D eigenvalue weighted by molar-refractivity contribution is 6.31. The number of hydrogen-bond donors (Lipinski definition) is 0. The van der Waals surface area contributed by atoms with Crippen LogP contribution in [0.5, 0.6) is 0 Å². The van der Waals surface area contributed by atoms with Crippen molar-refractivity contribution in [2.24, 2.45) is 0 Å². The summed E-state index contributed by atoms with van der Waals surface area (Å²) in [6.45, 7) is 0. The zero-order chi connectivity index (χ0) is 18.0. The molecule has 6 rings (SSSR count). The Morgan fingerprint density at radius 2 is 1.52 bits per heavy atom. The highest BCUT2D eigenvalue weighted by Gasteiger charge is 2.16. The van der Waals surface area contributed by atoms with E-state index in [0.717, 1.165) is 49.0 Å². The maximum Gasteiger partial charge on any atom is 0.143 e. The van der Waals surface area contributed by atoms with E-state index in [4.69, 9.17) is 4.42 Å². The smallest absolute Gasteiger partial charge is 0.143 e. The number of nitrogens with zero attached hydrogens (tertiary/aromatic N) is 2. The topological polar surface area (TPSA) is 49.8 Å². The van der Waals surface area contributed by atoms with Crippen molar-refractivity contribution in [2.45, 2.75) is 0 Å². The number of nitriles is 1. The van der Waals surface area contributed by atoms with Crippen molar-refractivity contribution < 1.29 is 4.42 Å². The predicted molar refractivity (Wildman–Crippen MR) is 109 cm³/mol. The molecule has 4 aromatic carbocycles. The SMILES string of the molecule is N#Cc1ccc2c(c1)oc1c2ccc2c3ccccc3c3ncccc3c21. The van der Waals surface area contributed by atoms with Gasteiger partial charge < -0.3 is 4.42 Å². The van der Waals surface area contributed by atoms with Gasteiger partial charge in [0.05, 0.1) is 17.1 Å². The van der Waals surface area contributed by atoms with E-state index in [1.54, 1.807) is 0 Å². The van der Waals surface area contributed by atoms with Crippen LogP contribution in [0.2, 0.25) is 0 Å². The third kappa shape index (κ3) is 1.82. The van der Waals surface area contributed by atoms with Crippen LogP contribution in [0.3, 0.4) is 0 Å². The molecule has 124 valence electrons. The third-order valence-electron chi connectivity index (χ3n) is 5.32. The number of hydrogen-bond acceptors (Lipinski definition) is 3. The minimum atomic E-state index is 0.600. The Morgan fingerprint density at radius 1 is 0.741 bits per heavy atom. The van der Waals surface area contributed by atoms with Gasteiger partial charge in [-0.25, -0.2) is 0 Å². The molecule has 0 bridgehead atoms. The molecule has 27 heavy (non-hydrogen) atoms. The molecule has 2 aromatic heterocycles. The third-order valence-corrected chi connectivity index (χ3v) is 5.32. The molecule has 2 heterocycles. The van der Waals surface area contributed by atoms with Gasteiger partial charge in [0.25, 0.3) is 0 Å². The molecule has 0 saturated heterocycles. The molecule has 3 nitrogen and oxygen atoms in total. The van der Waals surface area contributed by atoms with E-state index in [2.05, 4.69) is 47.5 Å². The Morgan fingerprint density at radius 3 is 2.41 bits per heavy atom. The maximum absolute atomic E-state index is 9.20. The number of pyridine rings is 1. The normalized spacial score (nSPS) is 11.7. The highest BCUT2D eigenvalue weighted by atomic mass is 16.3. The van der Waals surface area contributed by atoms with Gasteiger partial charge in [-0.15, -0.1) is 0 Å². The van der Waals surface area contributed by atoms with Crippen LogP contribution < -0.4 is 0 Å². The Labute approximate surface area is 154 Å². The summed E-state index contributed by atoms with van der Waals surface area (Å²) in [5.74, 6) is 0. The maximum atomic E-state index is 9.20. The molecule has 3 heteroatoms. The van der Waals surface area contributed by atoms with Crippen molar-refractivity contribution in [1.29, 1.82) is 5.26 Å². The van der Waals surface area contributed by atoms with Crippen LogP contribution in [-0.4, -0.2) is 4.98 Å². The van der Waals surface area contributed by atoms with Crippen molar-refractivity contribution in [3.05, 3.63) is 78.5 Å². The van der Waals surface area contributed by atoms with Gasteiger partial charge in [-0.3, -0.25) is 4.98 Å². The van der Waals surface area contributed by atoms with Gasteiger partial charge in [-0.1, -0.05) is 36.4 Å². The first kappa shape index (κ1) is 14.3. The first-order valence-corrected chi connectivity index (χ1v) is 8.80. The van der Waals surface area contributed by atoms with E-state index < -0.39 is 0 Å². The number of benzene rings is 4. The zero-order valence-corrected chi connectivity index (χ0v) is 14.2. The fourth-order valence-electron chi connectivity index (χ4n) is 4.15. The standard InChI is InChI=1S/C24H12N2O/c25-13-14-7-8-16-19-10-9-17-15-4-1-2-5-18(15)23-20(6-3-11-26-23)22(17)24(19)27-21(16)12-14/h1-12H. The number of fused-ring (bicyclic) bond motifs is 10. The van der Waals surface area contributed by atoms with Gasteiger partial charge in [0.1, 0.15) is 11.2 Å². The molecule has 6 aromatic rings. The fourth-order valence-corrected chi connectivity index (χ4v) is 4.15. The molecule has 0 aliphatic heterocycles. The molecule has 0 atom stereocenters. The zero-order valence-electron chi connectivity index (χ0n) is 14.2. The Kier molecular flexibility index (Phi) is 2.68. The number of furan rings is 1. The van der Waals surface area contributed by atoms with Gasteiger partial charge in [0.15, 0.2) is 0 Å². The predicted octanol–water partition coefficient (Wildman–Crippen LogP) is 6.31. The second kappa shape index (κ2) is 5.06. The van der Waals surface area contributed by atoms with Crippen LogP contribution in [0.25, 0.3) is 54.4 Å². The lowest BCUT2D eigenvalue weighted by atomic mass is 9.95. The first-order valence-electron chi connectivity index (χ1n) is 8.80. The van der Waals surface area contributed by atoms with Crippen molar-refractivity contribution in [3.63, 3.8) is 0 Å². The Bertz CT molecular complexity index is 1550. The molecule has 0 N–H and O–H groups in total. The van der Waals surface area contributed by atoms with Crippen LogP contribution in [0.15, 0.2) is 77.3 Å². The van der Waals surface area contributed by atoms with Crippen molar-refractivity contribution >= 4 is 54.4 Å². The molecule has 0 saturated carbocycles. The average molecular weight is 344 g/mol. The van der Waals surface area contributed by atoms with Crippen LogP contribution in [0.1, 0.15) is 5.56 Å². The minimum Gasteiger partial charge on any atom is -0.455 e. The molecule has 0 radical (unpaired) electrons. The molecule has 0 aliphatic carbocycles. The first-order chi connectivity index (χ1) is 13.3. The molecular weight excluding hydrogens is 332 g/mol. The Balaban J connectivity index is 1.95. The average Bonchev–Trinajstić information content (AvgIpc) is 3.11. The fraction of sp³-hybridized carbons (Fsp3) is 0. The second-order valence-electron chi connectivity index (χ2n) is 6.73. The lowest BCUT2D eigenvalue weighted by Gasteiger charge is -2.09. The van der Waals surface area contributed by atoms with Gasteiger partial charge in [-0.05, 0) is 41.1 Å². The van der Waals surface area contributed by atoms with E-state index in [0.29, 0.717) is 5.56 Å². The summed E-state index contributed by atoms with van der Waals surface area (Å²) in [6, 6.07) is 24.5. The summed E-state index contributed by atoms with van der Waals surface area (Å²) in [5.41, 5.74) is 3.16. The quantitative estimate of drug-likeness (QED) is 0.303. The minimum absolute atomic E-state index is 0.600. The van der Waals surface area contributed by atoms with Crippen LogP contribution in [0, 0.1) is 11.3 Å². The molecule has 0 spiro atoms. The van der Waals surface area contributed by atoms with Crippen LogP contribution in [0.4, 0.5) is 0 Å². The molecule has 0 aliphatic rings. The largest absolute Gasteiger partial charge is 0.455 e. The van der Waals surface area contributed by atoms with Crippen molar-refractivity contribution in [2.75, 3.05) is 0 Å².